The number of hydrogen-bond acceptors (Lipinski definition) is 3. The van der Waals surface area contributed by atoms with Crippen LogP contribution in [0.15, 0.2) is 103 Å². The van der Waals surface area contributed by atoms with Crippen LogP contribution in [0.5, 0.6) is 5.75 Å². The Balaban J connectivity index is 1.50. The minimum Gasteiger partial charge on any atom is -0.496 e. The third-order valence-corrected chi connectivity index (χ3v) is 6.67. The highest BCUT2D eigenvalue weighted by atomic mass is 19.3. The Bertz CT molecular complexity index is 1620. The average Bonchev–Trinajstić information content (AvgIpc) is 2.96. The summed E-state index contributed by atoms with van der Waals surface area (Å²) in [6.45, 7) is 0. The van der Waals surface area contributed by atoms with E-state index in [1.165, 1.54) is 30.3 Å². The molecule has 0 saturated carbocycles. The van der Waals surface area contributed by atoms with Crippen LogP contribution in [-0.4, -0.2) is 18.0 Å². The molecule has 5 rings (SSSR count). The van der Waals surface area contributed by atoms with Crippen LogP contribution in [0.4, 0.5) is 18.9 Å². The number of anilines is 1. The summed E-state index contributed by atoms with van der Waals surface area (Å²) in [5.74, 6) is -0.677. The van der Waals surface area contributed by atoms with E-state index in [1.807, 2.05) is 54.6 Å². The molecule has 1 N–H and O–H groups in total. The van der Waals surface area contributed by atoms with Crippen molar-refractivity contribution < 1.29 is 22.7 Å². The quantitative estimate of drug-likeness (QED) is 0.223. The maximum Gasteiger partial charge on any atom is 0.263 e. The maximum absolute atomic E-state index is 14.0. The van der Waals surface area contributed by atoms with Gasteiger partial charge in [-0.3, -0.25) is 9.78 Å². The molecule has 0 saturated heterocycles. The van der Waals surface area contributed by atoms with Gasteiger partial charge in [0.2, 0.25) is 5.91 Å². The van der Waals surface area contributed by atoms with Gasteiger partial charge in [-0.25, -0.2) is 13.2 Å². The zero-order valence-electron chi connectivity index (χ0n) is 21.1. The zero-order chi connectivity index (χ0) is 27.4. The highest BCUT2D eigenvalue weighted by Crippen LogP contribution is 2.32. The molecule has 0 bridgehead atoms. The second-order valence-corrected chi connectivity index (χ2v) is 9.13. The van der Waals surface area contributed by atoms with Gasteiger partial charge in [0.25, 0.3) is 6.43 Å². The van der Waals surface area contributed by atoms with E-state index in [-0.39, 0.29) is 17.3 Å². The lowest BCUT2D eigenvalue weighted by Crippen LogP contribution is -2.23. The van der Waals surface area contributed by atoms with Crippen LogP contribution < -0.4 is 10.1 Å². The Morgan fingerprint density at radius 3 is 2.46 bits per heavy atom. The van der Waals surface area contributed by atoms with Gasteiger partial charge >= 0.3 is 0 Å². The van der Waals surface area contributed by atoms with Gasteiger partial charge < -0.3 is 10.1 Å². The van der Waals surface area contributed by atoms with E-state index in [9.17, 15) is 18.0 Å². The molecule has 1 unspecified atom stereocenters. The number of ether oxygens (including phenoxy) is 1. The van der Waals surface area contributed by atoms with Crippen molar-refractivity contribution in [3.63, 3.8) is 0 Å². The van der Waals surface area contributed by atoms with Gasteiger partial charge in [-0.05, 0) is 71.1 Å². The van der Waals surface area contributed by atoms with E-state index in [0.29, 0.717) is 28.8 Å². The third kappa shape index (κ3) is 5.77. The van der Waals surface area contributed by atoms with Crippen LogP contribution in [0, 0.1) is 5.82 Å². The highest BCUT2D eigenvalue weighted by molar-refractivity contribution is 5.97. The molecular weight excluding hydrogens is 501 g/mol. The first-order chi connectivity index (χ1) is 18.9. The van der Waals surface area contributed by atoms with Gasteiger partial charge in [-0.1, -0.05) is 54.6 Å². The van der Waals surface area contributed by atoms with Crippen molar-refractivity contribution in [2.45, 2.75) is 18.8 Å². The predicted octanol–water partition coefficient (Wildman–Crippen LogP) is 7.95. The SMILES string of the molecule is COc1ccccc1CC(C(=O)Nc1cccc(C(F)F)c1)c1ccc(-c2ccnc3ccc(F)cc23)cc1. The predicted molar refractivity (Wildman–Crippen MR) is 147 cm³/mol. The fourth-order valence-electron chi connectivity index (χ4n) is 4.70. The van der Waals surface area contributed by atoms with Gasteiger partial charge in [0.15, 0.2) is 0 Å². The first-order valence-corrected chi connectivity index (χ1v) is 12.4. The van der Waals surface area contributed by atoms with Gasteiger partial charge in [-0.2, -0.15) is 0 Å². The van der Waals surface area contributed by atoms with Gasteiger partial charge in [0.1, 0.15) is 11.6 Å². The number of para-hydroxylation sites is 1. The third-order valence-electron chi connectivity index (χ3n) is 6.67. The van der Waals surface area contributed by atoms with E-state index in [0.717, 1.165) is 22.3 Å². The standard InChI is InChI=1S/C32H25F3N2O2/c1-39-30-8-3-2-5-22(30)18-27(32(38)37-25-7-4-6-23(17-25)31(34)35)21-11-9-20(10-12-21)26-15-16-36-29-14-13-24(33)19-28(26)29/h2-17,19,27,31H,18H2,1H3,(H,37,38). The molecule has 39 heavy (non-hydrogen) atoms. The van der Waals surface area contributed by atoms with Crippen molar-refractivity contribution in [1.29, 1.82) is 0 Å². The summed E-state index contributed by atoms with van der Waals surface area (Å²) in [5, 5.41) is 3.49. The van der Waals surface area contributed by atoms with Gasteiger partial charge in [0, 0.05) is 22.8 Å². The fraction of sp³-hybridized carbons (Fsp3) is 0.125. The molecule has 5 aromatic rings. The molecule has 4 nitrogen and oxygen atoms in total. The molecule has 7 heteroatoms. The first kappa shape index (κ1) is 26.0. The zero-order valence-corrected chi connectivity index (χ0v) is 21.1. The Labute approximate surface area is 224 Å². The molecule has 1 aromatic heterocycles. The van der Waals surface area contributed by atoms with Crippen molar-refractivity contribution in [2.75, 3.05) is 12.4 Å². The van der Waals surface area contributed by atoms with E-state index < -0.39 is 12.3 Å². The molecule has 0 aliphatic carbocycles. The molecule has 0 spiro atoms. The number of carbonyl (C=O) groups is 1. The molecule has 4 aromatic carbocycles. The summed E-state index contributed by atoms with van der Waals surface area (Å²) in [7, 11) is 1.57. The summed E-state index contributed by atoms with van der Waals surface area (Å²) in [6.07, 6.45) is -0.640. The number of nitrogens with one attached hydrogen (secondary N) is 1. The lowest BCUT2D eigenvalue weighted by molar-refractivity contribution is -0.117. The molecular formula is C32H25F3N2O2. The molecule has 0 aliphatic heterocycles. The average molecular weight is 527 g/mol. The van der Waals surface area contributed by atoms with E-state index in [4.69, 9.17) is 4.74 Å². The Kier molecular flexibility index (Phi) is 7.59. The number of benzene rings is 4. The largest absolute Gasteiger partial charge is 0.496 e. The topological polar surface area (TPSA) is 51.2 Å². The number of nitrogens with zero attached hydrogens (tertiary/aromatic N) is 1. The molecule has 0 aliphatic rings. The van der Waals surface area contributed by atoms with Crippen molar-refractivity contribution in [2.24, 2.45) is 0 Å². The van der Waals surface area contributed by atoms with Crippen LogP contribution in [0.3, 0.4) is 0 Å². The molecule has 0 fully saturated rings. The van der Waals surface area contributed by atoms with Crippen LogP contribution in [0.2, 0.25) is 0 Å². The van der Waals surface area contributed by atoms with E-state index in [1.54, 1.807) is 25.4 Å². The number of amides is 1. The minimum atomic E-state index is -2.64. The lowest BCUT2D eigenvalue weighted by atomic mass is 9.89. The maximum atomic E-state index is 14.0. The normalized spacial score (nSPS) is 11.9. The molecule has 1 heterocycles. The van der Waals surface area contributed by atoms with Crippen molar-refractivity contribution in [1.82, 2.24) is 4.98 Å². The molecule has 0 radical (unpaired) electrons. The number of methoxy groups -OCH3 is 1. The fourth-order valence-corrected chi connectivity index (χ4v) is 4.70. The van der Waals surface area contributed by atoms with Crippen molar-refractivity contribution in [3.05, 3.63) is 126 Å². The Morgan fingerprint density at radius 2 is 1.69 bits per heavy atom. The summed E-state index contributed by atoms with van der Waals surface area (Å²) in [6, 6.07) is 26.9. The molecule has 1 amide bonds. The van der Waals surface area contributed by atoms with Crippen molar-refractivity contribution >= 4 is 22.5 Å². The van der Waals surface area contributed by atoms with E-state index >= 15 is 0 Å². The first-order valence-electron chi connectivity index (χ1n) is 12.4. The second-order valence-electron chi connectivity index (χ2n) is 9.13. The van der Waals surface area contributed by atoms with Crippen molar-refractivity contribution in [3.8, 4) is 16.9 Å². The monoisotopic (exact) mass is 526 g/mol. The number of alkyl halides is 2. The number of aromatic nitrogens is 1. The van der Waals surface area contributed by atoms with Gasteiger partial charge in [-0.15, -0.1) is 0 Å². The number of pyridine rings is 1. The lowest BCUT2D eigenvalue weighted by Gasteiger charge is -2.20. The van der Waals surface area contributed by atoms with Crippen LogP contribution in [0.1, 0.15) is 29.0 Å². The summed E-state index contributed by atoms with van der Waals surface area (Å²) < 4.78 is 45.9. The number of fused-ring (bicyclic) bond motifs is 1. The number of halogens is 3. The summed E-state index contributed by atoms with van der Waals surface area (Å²) >= 11 is 0. The number of carbonyl (C=O) groups excluding carboxylic acids is 1. The van der Waals surface area contributed by atoms with E-state index in [2.05, 4.69) is 10.3 Å². The molecule has 1 atom stereocenters. The summed E-state index contributed by atoms with van der Waals surface area (Å²) in [4.78, 5) is 17.9. The second kappa shape index (κ2) is 11.4. The minimum absolute atomic E-state index is 0.167. The van der Waals surface area contributed by atoms with Crippen LogP contribution in [-0.2, 0) is 11.2 Å². The Morgan fingerprint density at radius 1 is 0.897 bits per heavy atom. The smallest absolute Gasteiger partial charge is 0.263 e. The number of rotatable bonds is 8. The Hall–Kier alpha value is -4.65. The van der Waals surface area contributed by atoms with Crippen LogP contribution >= 0.6 is 0 Å². The summed E-state index contributed by atoms with van der Waals surface area (Å²) in [5.41, 5.74) is 4.04. The number of hydrogen-bond donors (Lipinski definition) is 1. The highest BCUT2D eigenvalue weighted by Gasteiger charge is 2.23. The van der Waals surface area contributed by atoms with Crippen LogP contribution in [0.25, 0.3) is 22.0 Å². The van der Waals surface area contributed by atoms with Gasteiger partial charge in [0.05, 0.1) is 18.5 Å². The molecule has 196 valence electrons.